The van der Waals surface area contributed by atoms with Gasteiger partial charge >= 0.3 is 0 Å². The van der Waals surface area contributed by atoms with E-state index in [4.69, 9.17) is 0 Å². The first kappa shape index (κ1) is 16.5. The second-order valence-electron chi connectivity index (χ2n) is 6.91. The van der Waals surface area contributed by atoms with Gasteiger partial charge in [0.25, 0.3) is 0 Å². The van der Waals surface area contributed by atoms with Gasteiger partial charge in [-0.25, -0.2) is 0 Å². The van der Waals surface area contributed by atoms with Crippen LogP contribution in [0, 0.1) is 5.41 Å². The summed E-state index contributed by atoms with van der Waals surface area (Å²) in [6.07, 6.45) is 6.30. The Morgan fingerprint density at radius 2 is 1.59 bits per heavy atom. The quantitative estimate of drug-likeness (QED) is 0.662. The largest absolute Gasteiger partial charge is 0.351 e. The fraction of sp³-hybridized carbons (Fsp3) is 0.933. The summed E-state index contributed by atoms with van der Waals surface area (Å²) in [6.45, 7) is 13.1. The van der Waals surface area contributed by atoms with Crippen LogP contribution in [0.25, 0.3) is 0 Å². The zero-order chi connectivity index (χ0) is 13.5. The molecule has 0 rings (SSSR count). The van der Waals surface area contributed by atoms with E-state index in [1.54, 1.807) is 0 Å². The van der Waals surface area contributed by atoms with Crippen molar-refractivity contribution in [2.75, 3.05) is 0 Å². The number of hydrogen-bond donors (Lipinski definition) is 1. The van der Waals surface area contributed by atoms with Gasteiger partial charge in [-0.1, -0.05) is 40.5 Å². The Bertz CT molecular complexity index is 226. The molecule has 0 radical (unpaired) electrons. The summed E-state index contributed by atoms with van der Waals surface area (Å²) >= 11 is 0. The molecule has 0 unspecified atom stereocenters. The standard InChI is InChI=1S/C15H31NO/c1-7-15(5,6)16-13(17)11-9-8-10-12-14(2,3)4/h7-12H2,1-6H3,(H,16,17). The van der Waals surface area contributed by atoms with Crippen LogP contribution in [0.15, 0.2) is 0 Å². The van der Waals surface area contributed by atoms with Crippen LogP contribution < -0.4 is 5.32 Å². The average Bonchev–Trinajstić information content (AvgIpc) is 2.14. The van der Waals surface area contributed by atoms with E-state index in [0.29, 0.717) is 11.8 Å². The lowest BCUT2D eigenvalue weighted by atomic mass is 9.89. The first-order valence-corrected chi connectivity index (χ1v) is 6.97. The van der Waals surface area contributed by atoms with Crippen LogP contribution in [0.1, 0.15) is 80.1 Å². The lowest BCUT2D eigenvalue weighted by Gasteiger charge is -2.24. The van der Waals surface area contributed by atoms with Crippen molar-refractivity contribution >= 4 is 5.91 Å². The number of unbranched alkanes of at least 4 members (excludes halogenated alkanes) is 2. The van der Waals surface area contributed by atoms with E-state index >= 15 is 0 Å². The van der Waals surface area contributed by atoms with Crippen LogP contribution in [0.4, 0.5) is 0 Å². The van der Waals surface area contributed by atoms with Crippen molar-refractivity contribution in [3.8, 4) is 0 Å². The fourth-order valence-corrected chi connectivity index (χ4v) is 1.65. The first-order chi connectivity index (χ1) is 7.66. The summed E-state index contributed by atoms with van der Waals surface area (Å²) < 4.78 is 0. The maximum absolute atomic E-state index is 11.7. The number of nitrogens with one attached hydrogen (secondary N) is 1. The molecule has 0 fully saturated rings. The number of rotatable bonds is 7. The van der Waals surface area contributed by atoms with E-state index in [-0.39, 0.29) is 11.4 Å². The molecule has 1 N–H and O–H groups in total. The van der Waals surface area contributed by atoms with Gasteiger partial charge in [0.2, 0.25) is 5.91 Å². The molecule has 0 aromatic heterocycles. The number of hydrogen-bond acceptors (Lipinski definition) is 1. The molecule has 2 heteroatoms. The van der Waals surface area contributed by atoms with E-state index in [1.807, 2.05) is 0 Å². The second kappa shape index (κ2) is 7.03. The summed E-state index contributed by atoms with van der Waals surface area (Å²) in [6, 6.07) is 0. The molecule has 0 aliphatic carbocycles. The highest BCUT2D eigenvalue weighted by Crippen LogP contribution is 2.22. The maximum Gasteiger partial charge on any atom is 0.220 e. The third kappa shape index (κ3) is 10.3. The molecule has 1 amide bonds. The molecule has 0 aromatic rings. The predicted octanol–water partition coefficient (Wildman–Crippen LogP) is 4.29. The molecule has 0 aliphatic heterocycles. The van der Waals surface area contributed by atoms with Crippen molar-refractivity contribution in [1.29, 1.82) is 0 Å². The zero-order valence-electron chi connectivity index (χ0n) is 12.7. The average molecular weight is 241 g/mol. The van der Waals surface area contributed by atoms with E-state index in [1.165, 1.54) is 12.8 Å². The van der Waals surface area contributed by atoms with Gasteiger partial charge in [0, 0.05) is 12.0 Å². The SMILES string of the molecule is CCC(C)(C)NC(=O)CCCCCC(C)(C)C. The van der Waals surface area contributed by atoms with Crippen molar-refractivity contribution in [3.63, 3.8) is 0 Å². The van der Waals surface area contributed by atoms with E-state index in [2.05, 4.69) is 46.9 Å². The third-order valence-electron chi connectivity index (χ3n) is 3.19. The van der Waals surface area contributed by atoms with Gasteiger partial charge in [0.1, 0.15) is 0 Å². The highest BCUT2D eigenvalue weighted by atomic mass is 16.1. The minimum absolute atomic E-state index is 0.0531. The summed E-state index contributed by atoms with van der Waals surface area (Å²) in [4.78, 5) is 11.7. The number of carbonyl (C=O) groups excluding carboxylic acids is 1. The minimum atomic E-state index is -0.0531. The fourth-order valence-electron chi connectivity index (χ4n) is 1.65. The van der Waals surface area contributed by atoms with Crippen LogP contribution in [-0.4, -0.2) is 11.4 Å². The van der Waals surface area contributed by atoms with Crippen molar-refractivity contribution in [2.45, 2.75) is 85.6 Å². The molecule has 17 heavy (non-hydrogen) atoms. The van der Waals surface area contributed by atoms with Gasteiger partial charge in [0.05, 0.1) is 0 Å². The highest BCUT2D eigenvalue weighted by Gasteiger charge is 2.17. The van der Waals surface area contributed by atoms with Gasteiger partial charge in [-0.2, -0.15) is 0 Å². The smallest absolute Gasteiger partial charge is 0.220 e. The molecule has 0 aromatic carbocycles. The summed E-state index contributed by atoms with van der Waals surface area (Å²) in [7, 11) is 0. The molecule has 0 atom stereocenters. The molecule has 0 saturated carbocycles. The summed E-state index contributed by atoms with van der Waals surface area (Å²) in [5.74, 6) is 0.201. The first-order valence-electron chi connectivity index (χ1n) is 6.97. The van der Waals surface area contributed by atoms with Crippen LogP contribution in [-0.2, 0) is 4.79 Å². The van der Waals surface area contributed by atoms with Gasteiger partial charge in [-0.3, -0.25) is 4.79 Å². The van der Waals surface area contributed by atoms with E-state index in [0.717, 1.165) is 19.3 Å². The molecular formula is C15H31NO. The Morgan fingerprint density at radius 1 is 1.00 bits per heavy atom. The topological polar surface area (TPSA) is 29.1 Å². The normalized spacial score (nSPS) is 12.6. The summed E-state index contributed by atoms with van der Waals surface area (Å²) in [5.41, 5.74) is 0.370. The van der Waals surface area contributed by atoms with Crippen molar-refractivity contribution < 1.29 is 4.79 Å². The van der Waals surface area contributed by atoms with Crippen molar-refractivity contribution in [3.05, 3.63) is 0 Å². The van der Waals surface area contributed by atoms with Gasteiger partial charge in [0.15, 0.2) is 0 Å². The van der Waals surface area contributed by atoms with Crippen LogP contribution in [0.3, 0.4) is 0 Å². The molecular weight excluding hydrogens is 210 g/mol. The van der Waals surface area contributed by atoms with E-state index < -0.39 is 0 Å². The lowest BCUT2D eigenvalue weighted by Crippen LogP contribution is -2.42. The number of amides is 1. The Balaban J connectivity index is 3.59. The molecule has 0 saturated heterocycles. The maximum atomic E-state index is 11.7. The Labute approximate surface area is 108 Å². The molecule has 0 bridgehead atoms. The summed E-state index contributed by atoms with van der Waals surface area (Å²) in [5, 5.41) is 3.07. The van der Waals surface area contributed by atoms with E-state index in [9.17, 15) is 4.79 Å². The lowest BCUT2D eigenvalue weighted by molar-refractivity contribution is -0.122. The molecule has 2 nitrogen and oxygen atoms in total. The zero-order valence-corrected chi connectivity index (χ0v) is 12.7. The van der Waals surface area contributed by atoms with Crippen LogP contribution in [0.2, 0.25) is 0 Å². The second-order valence-corrected chi connectivity index (χ2v) is 6.91. The highest BCUT2D eigenvalue weighted by molar-refractivity contribution is 5.76. The van der Waals surface area contributed by atoms with Gasteiger partial charge in [-0.05, 0) is 38.5 Å². The molecule has 0 heterocycles. The van der Waals surface area contributed by atoms with Gasteiger partial charge in [-0.15, -0.1) is 0 Å². The Kier molecular flexibility index (Phi) is 6.81. The molecule has 102 valence electrons. The Morgan fingerprint density at radius 3 is 2.06 bits per heavy atom. The Hall–Kier alpha value is -0.530. The van der Waals surface area contributed by atoms with Gasteiger partial charge < -0.3 is 5.32 Å². The third-order valence-corrected chi connectivity index (χ3v) is 3.19. The molecule has 0 spiro atoms. The molecule has 0 aliphatic rings. The monoisotopic (exact) mass is 241 g/mol. The van der Waals surface area contributed by atoms with Crippen LogP contribution >= 0.6 is 0 Å². The number of carbonyl (C=O) groups is 1. The van der Waals surface area contributed by atoms with Crippen LogP contribution in [0.5, 0.6) is 0 Å². The van der Waals surface area contributed by atoms with Crippen molar-refractivity contribution in [2.24, 2.45) is 5.41 Å². The predicted molar refractivity (Wildman–Crippen MR) is 75.1 cm³/mol. The minimum Gasteiger partial charge on any atom is -0.351 e. The van der Waals surface area contributed by atoms with Crippen molar-refractivity contribution in [1.82, 2.24) is 5.32 Å².